The Kier molecular flexibility index (Phi) is 15.9. The molecule has 2 heteroatoms. The molecule has 0 heterocycles. The normalized spacial score (nSPS) is 5.00. The highest BCUT2D eigenvalue weighted by molar-refractivity contribution is 6.92. The van der Waals surface area contributed by atoms with Gasteiger partial charge < -0.3 is 0 Å². The zero-order valence-electron chi connectivity index (χ0n) is 3.11. The van der Waals surface area contributed by atoms with Crippen molar-refractivity contribution in [2.75, 3.05) is 6.61 Å². The average Bonchev–Trinajstić information content (AvgIpc) is 1.37. The van der Waals surface area contributed by atoms with Gasteiger partial charge in [-0.05, 0) is 0 Å². The average molecular weight is 91.1 g/mol. The smallest absolute Gasteiger partial charge is 0.100 e. The molecular weight excluding hydrogens is 83.0 g/mol. The molecule has 1 radical (unpaired) electrons. The Hall–Kier alpha value is 0.130. The zero-order chi connectivity index (χ0) is 3.41. The quantitative estimate of drug-likeness (QED) is 0.333. The largest absolute Gasteiger partial charge is 0.232 e. The third-order valence-corrected chi connectivity index (χ3v) is 0.118. The fourth-order valence-electron chi connectivity index (χ4n) is 0. The van der Waals surface area contributed by atoms with Crippen LogP contribution in [0, 0.1) is 0 Å². The van der Waals surface area contributed by atoms with Crippen molar-refractivity contribution in [1.82, 2.24) is 0 Å². The van der Waals surface area contributed by atoms with Crippen LogP contribution in [-0.2, 0) is 5.11 Å². The molecular formula is C3H8OP. The Bertz CT molecular complexity index is 20.9. The fraction of sp³-hybridized carbons (Fsp3) is 0.333. The Morgan fingerprint density at radius 1 is 1.80 bits per heavy atom. The van der Waals surface area contributed by atoms with Gasteiger partial charge in [-0.25, -0.2) is 5.11 Å². The monoisotopic (exact) mass is 91.0 g/mol. The highest BCUT2D eigenvalue weighted by Gasteiger charge is 1.49. The maximum Gasteiger partial charge on any atom is 0.100 e. The van der Waals surface area contributed by atoms with Crippen LogP contribution in [0.25, 0.3) is 0 Å². The summed E-state index contributed by atoms with van der Waals surface area (Å²) in [5, 5.41) is 9.18. The summed E-state index contributed by atoms with van der Waals surface area (Å²) in [4.78, 5) is 0. The minimum absolute atomic E-state index is 0. The van der Waals surface area contributed by atoms with Gasteiger partial charge in [0.15, 0.2) is 0 Å². The van der Waals surface area contributed by atoms with E-state index in [1.807, 2.05) is 0 Å². The van der Waals surface area contributed by atoms with Crippen LogP contribution in [0.15, 0.2) is 12.7 Å². The molecule has 0 rings (SSSR count). The number of hydrogen-bond acceptors (Lipinski definition) is 0. The summed E-state index contributed by atoms with van der Waals surface area (Å²) in [5.74, 6) is 0. The molecule has 0 saturated heterocycles. The van der Waals surface area contributed by atoms with E-state index in [4.69, 9.17) is 0 Å². The van der Waals surface area contributed by atoms with Crippen LogP contribution in [0.2, 0.25) is 0 Å². The molecule has 0 aliphatic heterocycles. The van der Waals surface area contributed by atoms with Crippen molar-refractivity contribution in [3.63, 3.8) is 0 Å². The van der Waals surface area contributed by atoms with Gasteiger partial charge in [-0.2, -0.15) is 9.90 Å². The van der Waals surface area contributed by atoms with E-state index in [0.29, 0.717) is 0 Å². The van der Waals surface area contributed by atoms with E-state index in [-0.39, 0.29) is 16.5 Å². The van der Waals surface area contributed by atoms with E-state index in [2.05, 4.69) is 6.58 Å². The molecule has 0 amide bonds. The van der Waals surface area contributed by atoms with Gasteiger partial charge in [-0.1, -0.05) is 6.08 Å². The molecule has 0 spiro atoms. The third kappa shape index (κ3) is 14.7. The van der Waals surface area contributed by atoms with Gasteiger partial charge in [0.25, 0.3) is 0 Å². The molecule has 1 unspecified atom stereocenters. The van der Waals surface area contributed by atoms with Gasteiger partial charge in [0.1, 0.15) is 6.61 Å². The predicted molar refractivity (Wildman–Crippen MR) is 26.9 cm³/mol. The summed E-state index contributed by atoms with van der Waals surface area (Å²) in [6.07, 6.45) is 1.32. The van der Waals surface area contributed by atoms with E-state index in [0.717, 1.165) is 0 Å². The lowest BCUT2D eigenvalue weighted by Gasteiger charge is -1.54. The zero-order valence-corrected chi connectivity index (χ0v) is 4.52. The van der Waals surface area contributed by atoms with Gasteiger partial charge in [0.05, 0.1) is 0 Å². The maximum atomic E-state index is 9.18. The Balaban J connectivity index is 0. The third-order valence-electron chi connectivity index (χ3n) is 0.118. The first-order valence-corrected chi connectivity index (χ1v) is 1.11. The first-order valence-electron chi connectivity index (χ1n) is 1.11. The second-order valence-corrected chi connectivity index (χ2v) is 0.455. The standard InChI is InChI=1S/C3H5O.H3P/c1-2-3-4;/h2H,1,3H2;1H3. The van der Waals surface area contributed by atoms with E-state index in [1.54, 1.807) is 0 Å². The lowest BCUT2D eigenvalue weighted by atomic mass is 10.7. The summed E-state index contributed by atoms with van der Waals surface area (Å²) < 4.78 is 0. The molecule has 0 fully saturated rings. The molecule has 0 aliphatic rings. The van der Waals surface area contributed by atoms with Crippen molar-refractivity contribution in [2.45, 2.75) is 0 Å². The minimum atomic E-state index is -0.167. The molecule has 1 nitrogen and oxygen atoms in total. The van der Waals surface area contributed by atoms with Crippen molar-refractivity contribution in [3.8, 4) is 0 Å². The highest BCUT2D eigenvalue weighted by atomic mass is 31.0. The number of rotatable bonds is 1. The topological polar surface area (TPSA) is 19.9 Å². The SMILES string of the molecule is C=CC[O].P. The predicted octanol–water partition coefficient (Wildman–Crippen LogP) is 0.661. The van der Waals surface area contributed by atoms with E-state index < -0.39 is 0 Å². The molecule has 0 aromatic rings. The molecule has 0 bridgehead atoms. The van der Waals surface area contributed by atoms with Gasteiger partial charge >= 0.3 is 0 Å². The van der Waals surface area contributed by atoms with Crippen molar-refractivity contribution in [2.24, 2.45) is 0 Å². The Morgan fingerprint density at radius 2 is 2.00 bits per heavy atom. The molecule has 31 valence electrons. The van der Waals surface area contributed by atoms with Crippen LogP contribution in [0.4, 0.5) is 0 Å². The van der Waals surface area contributed by atoms with Crippen molar-refractivity contribution >= 4 is 9.90 Å². The fourth-order valence-corrected chi connectivity index (χ4v) is 0. The van der Waals surface area contributed by atoms with Crippen LogP contribution < -0.4 is 0 Å². The van der Waals surface area contributed by atoms with Crippen LogP contribution in [0.5, 0.6) is 0 Å². The van der Waals surface area contributed by atoms with Gasteiger partial charge in [0.2, 0.25) is 0 Å². The minimum Gasteiger partial charge on any atom is -0.232 e. The van der Waals surface area contributed by atoms with E-state index in [9.17, 15) is 5.11 Å². The van der Waals surface area contributed by atoms with E-state index in [1.165, 1.54) is 6.08 Å². The molecule has 0 saturated carbocycles. The van der Waals surface area contributed by atoms with Gasteiger partial charge in [0, 0.05) is 0 Å². The summed E-state index contributed by atoms with van der Waals surface area (Å²) in [6.45, 7) is 3.00. The lowest BCUT2D eigenvalue weighted by molar-refractivity contribution is 0.232. The van der Waals surface area contributed by atoms with Crippen LogP contribution in [-0.4, -0.2) is 6.61 Å². The molecule has 0 N–H and O–H groups in total. The van der Waals surface area contributed by atoms with Crippen LogP contribution in [0.1, 0.15) is 0 Å². The molecule has 5 heavy (non-hydrogen) atoms. The van der Waals surface area contributed by atoms with Gasteiger partial charge in [-0.3, -0.25) is 0 Å². The summed E-state index contributed by atoms with van der Waals surface area (Å²) in [5.41, 5.74) is 0. The van der Waals surface area contributed by atoms with E-state index >= 15 is 0 Å². The summed E-state index contributed by atoms with van der Waals surface area (Å²) in [6, 6.07) is 0. The molecule has 0 aliphatic carbocycles. The molecule has 0 aromatic heterocycles. The lowest BCUT2D eigenvalue weighted by Crippen LogP contribution is -1.58. The Labute approximate surface area is 35.3 Å². The summed E-state index contributed by atoms with van der Waals surface area (Å²) >= 11 is 0. The maximum absolute atomic E-state index is 9.18. The van der Waals surface area contributed by atoms with Crippen molar-refractivity contribution < 1.29 is 5.11 Å². The Morgan fingerprint density at radius 3 is 2.00 bits per heavy atom. The summed E-state index contributed by atoms with van der Waals surface area (Å²) in [7, 11) is 0. The first kappa shape index (κ1) is 8.93. The highest BCUT2D eigenvalue weighted by Crippen LogP contribution is 1.48. The molecule has 0 aromatic carbocycles. The first-order chi connectivity index (χ1) is 1.91. The second kappa shape index (κ2) is 8.92. The van der Waals surface area contributed by atoms with Crippen molar-refractivity contribution in [3.05, 3.63) is 12.7 Å². The van der Waals surface area contributed by atoms with Crippen LogP contribution >= 0.6 is 9.90 Å². The number of hydrogen-bond donors (Lipinski definition) is 0. The second-order valence-electron chi connectivity index (χ2n) is 0.455. The van der Waals surface area contributed by atoms with Crippen molar-refractivity contribution in [1.29, 1.82) is 0 Å². The van der Waals surface area contributed by atoms with Crippen LogP contribution in [0.3, 0.4) is 0 Å². The van der Waals surface area contributed by atoms with Gasteiger partial charge in [-0.15, -0.1) is 6.58 Å². The molecule has 1 atom stereocenters.